The maximum atomic E-state index is 12.9. The van der Waals surface area contributed by atoms with E-state index in [0.717, 1.165) is 12.1 Å². The molecule has 0 spiro atoms. The Kier molecular flexibility index (Phi) is 3.44. The number of hydrogen-bond donors (Lipinski definition) is 3. The number of aliphatic carboxylic acids is 1. The molecule has 0 aliphatic heterocycles. The van der Waals surface area contributed by atoms with E-state index in [1.165, 1.54) is 13.0 Å². The number of halogens is 1. The Bertz CT molecular complexity index is 434. The summed E-state index contributed by atoms with van der Waals surface area (Å²) >= 11 is 0. The van der Waals surface area contributed by atoms with Crippen LogP contribution in [0.5, 0.6) is 0 Å². The Labute approximate surface area is 91.1 Å². The van der Waals surface area contributed by atoms with Crippen molar-refractivity contribution < 1.29 is 19.1 Å². The zero-order valence-corrected chi connectivity index (χ0v) is 8.53. The molecule has 5 nitrogen and oxygen atoms in total. The van der Waals surface area contributed by atoms with Crippen molar-refractivity contribution in [1.82, 2.24) is 5.32 Å². The summed E-state index contributed by atoms with van der Waals surface area (Å²) in [6.07, 6.45) is 0. The minimum absolute atomic E-state index is 0.0758. The number of hydrogen-bond acceptors (Lipinski definition) is 3. The Morgan fingerprint density at radius 3 is 2.69 bits per heavy atom. The molecule has 0 saturated carbocycles. The molecule has 1 amide bonds. The number of rotatable bonds is 3. The molecule has 86 valence electrons. The summed E-state index contributed by atoms with van der Waals surface area (Å²) in [5, 5.41) is 10.8. The highest BCUT2D eigenvalue weighted by Crippen LogP contribution is 2.13. The molecule has 0 unspecified atom stereocenters. The van der Waals surface area contributed by atoms with Crippen LogP contribution in [0.4, 0.5) is 10.1 Å². The summed E-state index contributed by atoms with van der Waals surface area (Å²) in [5.41, 5.74) is 5.49. The highest BCUT2D eigenvalue weighted by molar-refractivity contribution is 6.00. The summed E-state index contributed by atoms with van der Waals surface area (Å²) in [6.45, 7) is 1.30. The van der Waals surface area contributed by atoms with E-state index < -0.39 is 23.7 Å². The maximum absolute atomic E-state index is 12.9. The van der Waals surface area contributed by atoms with Gasteiger partial charge in [0.05, 0.1) is 5.56 Å². The van der Waals surface area contributed by atoms with Crippen LogP contribution in [0.1, 0.15) is 17.3 Å². The number of anilines is 1. The lowest BCUT2D eigenvalue weighted by molar-refractivity contribution is -0.138. The number of carbonyl (C=O) groups is 2. The smallest absolute Gasteiger partial charge is 0.325 e. The van der Waals surface area contributed by atoms with Crippen LogP contribution >= 0.6 is 0 Å². The highest BCUT2D eigenvalue weighted by atomic mass is 19.1. The third-order valence-corrected chi connectivity index (χ3v) is 1.98. The van der Waals surface area contributed by atoms with Crippen LogP contribution in [-0.4, -0.2) is 23.0 Å². The van der Waals surface area contributed by atoms with E-state index in [-0.39, 0.29) is 11.3 Å². The molecule has 1 rings (SSSR count). The van der Waals surface area contributed by atoms with Crippen molar-refractivity contribution in [1.29, 1.82) is 0 Å². The number of carboxylic acid groups (broad SMARTS) is 1. The van der Waals surface area contributed by atoms with E-state index in [4.69, 9.17) is 10.8 Å². The first-order valence-electron chi connectivity index (χ1n) is 4.50. The molecule has 0 fully saturated rings. The molecule has 6 heteroatoms. The van der Waals surface area contributed by atoms with Gasteiger partial charge in [-0.2, -0.15) is 0 Å². The number of nitrogens with one attached hydrogen (secondary N) is 1. The molecule has 1 atom stereocenters. The molecular formula is C10H11FN2O3. The van der Waals surface area contributed by atoms with Crippen LogP contribution in [0, 0.1) is 5.82 Å². The fourth-order valence-corrected chi connectivity index (χ4v) is 1.06. The largest absolute Gasteiger partial charge is 0.480 e. The van der Waals surface area contributed by atoms with E-state index in [1.807, 2.05) is 0 Å². The lowest BCUT2D eigenvalue weighted by Gasteiger charge is -2.10. The van der Waals surface area contributed by atoms with Crippen molar-refractivity contribution in [2.75, 3.05) is 5.73 Å². The average molecular weight is 226 g/mol. The third kappa shape index (κ3) is 2.69. The third-order valence-electron chi connectivity index (χ3n) is 1.98. The fourth-order valence-electron chi connectivity index (χ4n) is 1.06. The summed E-state index contributed by atoms with van der Waals surface area (Å²) in [5.74, 6) is -2.50. The van der Waals surface area contributed by atoms with Crippen molar-refractivity contribution in [2.45, 2.75) is 13.0 Å². The molecule has 1 aromatic carbocycles. The maximum Gasteiger partial charge on any atom is 0.325 e. The van der Waals surface area contributed by atoms with Crippen molar-refractivity contribution in [3.05, 3.63) is 29.6 Å². The van der Waals surface area contributed by atoms with Gasteiger partial charge in [0.2, 0.25) is 0 Å². The van der Waals surface area contributed by atoms with Gasteiger partial charge in [-0.25, -0.2) is 4.39 Å². The first-order valence-corrected chi connectivity index (χ1v) is 4.50. The molecule has 0 bridgehead atoms. The minimum Gasteiger partial charge on any atom is -0.480 e. The van der Waals surface area contributed by atoms with Crippen LogP contribution < -0.4 is 11.1 Å². The molecule has 4 N–H and O–H groups in total. The van der Waals surface area contributed by atoms with Gasteiger partial charge in [-0.3, -0.25) is 9.59 Å². The molecule has 16 heavy (non-hydrogen) atoms. The predicted molar refractivity (Wildman–Crippen MR) is 55.4 cm³/mol. The van der Waals surface area contributed by atoms with E-state index in [9.17, 15) is 14.0 Å². The van der Waals surface area contributed by atoms with Gasteiger partial charge < -0.3 is 16.2 Å². The first-order chi connectivity index (χ1) is 7.41. The van der Waals surface area contributed by atoms with E-state index >= 15 is 0 Å². The molecule has 0 saturated heterocycles. The first kappa shape index (κ1) is 12.0. The number of amides is 1. The van der Waals surface area contributed by atoms with E-state index in [2.05, 4.69) is 5.32 Å². The predicted octanol–water partition coefficient (Wildman–Crippen LogP) is 0.611. The summed E-state index contributed by atoms with van der Waals surface area (Å²) in [6, 6.07) is 2.26. The summed E-state index contributed by atoms with van der Waals surface area (Å²) < 4.78 is 12.9. The second-order valence-electron chi connectivity index (χ2n) is 3.26. The van der Waals surface area contributed by atoms with Gasteiger partial charge in [0.1, 0.15) is 11.9 Å². The van der Waals surface area contributed by atoms with Crippen LogP contribution in [0.3, 0.4) is 0 Å². The van der Waals surface area contributed by atoms with Gasteiger partial charge in [0.15, 0.2) is 0 Å². The van der Waals surface area contributed by atoms with Crippen molar-refractivity contribution >= 4 is 17.6 Å². The van der Waals surface area contributed by atoms with E-state index in [0.29, 0.717) is 0 Å². The van der Waals surface area contributed by atoms with Gasteiger partial charge in [-0.15, -0.1) is 0 Å². The lowest BCUT2D eigenvalue weighted by atomic mass is 10.1. The Morgan fingerprint density at radius 1 is 1.50 bits per heavy atom. The summed E-state index contributed by atoms with van der Waals surface area (Å²) in [4.78, 5) is 22.0. The molecule has 0 heterocycles. The quantitative estimate of drug-likeness (QED) is 0.658. The highest BCUT2D eigenvalue weighted by Gasteiger charge is 2.17. The number of nitrogens with two attached hydrogens (primary N) is 1. The molecule has 0 aliphatic carbocycles. The molecule has 0 aromatic heterocycles. The Morgan fingerprint density at radius 2 is 2.12 bits per heavy atom. The number of nitrogen functional groups attached to an aromatic ring is 1. The van der Waals surface area contributed by atoms with Crippen LogP contribution in [-0.2, 0) is 4.79 Å². The topological polar surface area (TPSA) is 92.4 Å². The monoisotopic (exact) mass is 226 g/mol. The van der Waals surface area contributed by atoms with Crippen LogP contribution in [0.25, 0.3) is 0 Å². The Balaban J connectivity index is 2.88. The average Bonchev–Trinajstić information content (AvgIpc) is 2.21. The zero-order chi connectivity index (χ0) is 12.3. The van der Waals surface area contributed by atoms with Crippen LogP contribution in [0.15, 0.2) is 18.2 Å². The minimum atomic E-state index is -1.18. The summed E-state index contributed by atoms with van der Waals surface area (Å²) in [7, 11) is 0. The zero-order valence-electron chi connectivity index (χ0n) is 8.53. The van der Waals surface area contributed by atoms with Crippen molar-refractivity contribution in [3.8, 4) is 0 Å². The lowest BCUT2D eigenvalue weighted by Crippen LogP contribution is -2.38. The number of carboxylic acids is 1. The van der Waals surface area contributed by atoms with Gasteiger partial charge in [-0.1, -0.05) is 0 Å². The van der Waals surface area contributed by atoms with Crippen molar-refractivity contribution in [3.63, 3.8) is 0 Å². The fraction of sp³-hybridized carbons (Fsp3) is 0.200. The molecule has 1 aromatic rings. The van der Waals surface area contributed by atoms with Gasteiger partial charge in [0, 0.05) is 5.69 Å². The van der Waals surface area contributed by atoms with Gasteiger partial charge in [0.25, 0.3) is 5.91 Å². The number of carbonyl (C=O) groups excluding carboxylic acids is 1. The second-order valence-corrected chi connectivity index (χ2v) is 3.26. The number of benzene rings is 1. The molecule has 0 aliphatic rings. The Hall–Kier alpha value is -2.11. The second kappa shape index (κ2) is 4.61. The standard InChI is InChI=1S/C10H11FN2O3/c1-5(10(15)16)13-9(14)7-4-6(11)2-3-8(7)12/h2-5H,12H2,1H3,(H,13,14)(H,15,16)/t5-/m0/s1. The molecule has 0 radical (unpaired) electrons. The van der Waals surface area contributed by atoms with Crippen LogP contribution in [0.2, 0.25) is 0 Å². The molecular weight excluding hydrogens is 215 g/mol. The normalized spacial score (nSPS) is 11.9. The van der Waals surface area contributed by atoms with Gasteiger partial charge in [-0.05, 0) is 25.1 Å². The van der Waals surface area contributed by atoms with Gasteiger partial charge >= 0.3 is 5.97 Å². The SMILES string of the molecule is C[C@H](NC(=O)c1cc(F)ccc1N)C(=O)O. The van der Waals surface area contributed by atoms with Crippen molar-refractivity contribution in [2.24, 2.45) is 0 Å². The van der Waals surface area contributed by atoms with E-state index in [1.54, 1.807) is 0 Å².